The molecule has 1 aliphatic heterocycles. The molecule has 146 valence electrons. The van der Waals surface area contributed by atoms with Crippen LogP contribution in [0.15, 0.2) is 41.0 Å². The molecule has 0 unspecified atom stereocenters. The summed E-state index contributed by atoms with van der Waals surface area (Å²) in [7, 11) is 0. The van der Waals surface area contributed by atoms with Crippen LogP contribution in [0.1, 0.15) is 74.9 Å². The molecule has 1 aromatic carbocycles. The number of hydrogen-bond acceptors (Lipinski definition) is 3. The van der Waals surface area contributed by atoms with Gasteiger partial charge >= 0.3 is 0 Å². The van der Waals surface area contributed by atoms with Crippen LogP contribution < -0.4 is 5.32 Å². The first-order valence-electron chi connectivity index (χ1n) is 9.59. The predicted molar refractivity (Wildman–Crippen MR) is 110 cm³/mol. The van der Waals surface area contributed by atoms with Crippen LogP contribution in [0.3, 0.4) is 0 Å². The van der Waals surface area contributed by atoms with Gasteiger partial charge in [0.05, 0.1) is 5.56 Å². The predicted octanol–water partition coefficient (Wildman–Crippen LogP) is 5.30. The second kappa shape index (κ2) is 9.45. The van der Waals surface area contributed by atoms with Crippen molar-refractivity contribution in [2.24, 2.45) is 0 Å². The maximum atomic E-state index is 11.7. The summed E-state index contributed by atoms with van der Waals surface area (Å²) in [5.41, 5.74) is 5.41. The summed E-state index contributed by atoms with van der Waals surface area (Å²) in [5, 5.41) is 23.2. The molecule has 1 aromatic rings. The summed E-state index contributed by atoms with van der Waals surface area (Å²) in [4.78, 5) is 11.7. The van der Waals surface area contributed by atoms with E-state index >= 15 is 0 Å². The lowest BCUT2D eigenvalue weighted by molar-refractivity contribution is 0.0965. The van der Waals surface area contributed by atoms with Gasteiger partial charge in [0.25, 0.3) is 5.91 Å². The van der Waals surface area contributed by atoms with Crippen molar-refractivity contribution in [3.05, 3.63) is 57.7 Å². The molecule has 2 rings (SSSR count). The van der Waals surface area contributed by atoms with Crippen molar-refractivity contribution in [3.8, 4) is 11.5 Å². The number of carbonyl (C=O) groups excluding carboxylic acids is 1. The number of carbonyl (C=O) groups is 1. The normalized spacial score (nSPS) is 14.1. The first-order valence-corrected chi connectivity index (χ1v) is 9.59. The van der Waals surface area contributed by atoms with Gasteiger partial charge in [-0.05, 0) is 65.9 Å². The van der Waals surface area contributed by atoms with Crippen LogP contribution >= 0.6 is 0 Å². The Morgan fingerprint density at radius 1 is 1.04 bits per heavy atom. The fraction of sp³-hybridized carbons (Fsp3) is 0.435. The standard InChI is InChI=1S/C23H31NO3/c1-15(2)7-5-8-16(3)9-6-10-17(4)11-12-18-21(25)13-19-20(22(18)26)14-24-23(19)27/h7,9,11,13,25-26H,5-6,8,10,12,14H2,1-4H3,(H,24,27). The number of fused-ring (bicyclic) bond motifs is 1. The number of phenols is 2. The molecule has 0 spiro atoms. The monoisotopic (exact) mass is 369 g/mol. The van der Waals surface area contributed by atoms with Gasteiger partial charge in [-0.1, -0.05) is 34.9 Å². The van der Waals surface area contributed by atoms with E-state index in [1.807, 2.05) is 6.08 Å². The summed E-state index contributed by atoms with van der Waals surface area (Å²) < 4.78 is 0. The van der Waals surface area contributed by atoms with E-state index in [1.165, 1.54) is 22.8 Å². The highest BCUT2D eigenvalue weighted by molar-refractivity contribution is 5.99. The Labute approximate surface area is 162 Å². The molecule has 27 heavy (non-hydrogen) atoms. The van der Waals surface area contributed by atoms with E-state index in [4.69, 9.17) is 0 Å². The molecule has 0 bridgehead atoms. The molecule has 4 nitrogen and oxygen atoms in total. The van der Waals surface area contributed by atoms with Crippen LogP contribution in [-0.2, 0) is 13.0 Å². The summed E-state index contributed by atoms with van der Waals surface area (Å²) in [6, 6.07) is 1.45. The molecule has 1 aliphatic rings. The van der Waals surface area contributed by atoms with Gasteiger partial charge in [-0.2, -0.15) is 0 Å². The van der Waals surface area contributed by atoms with E-state index < -0.39 is 0 Å². The summed E-state index contributed by atoms with van der Waals surface area (Å²) in [6.45, 7) is 8.80. The van der Waals surface area contributed by atoms with Crippen molar-refractivity contribution in [1.29, 1.82) is 0 Å². The maximum Gasteiger partial charge on any atom is 0.252 e. The van der Waals surface area contributed by atoms with Crippen molar-refractivity contribution >= 4 is 5.91 Å². The molecule has 1 amide bonds. The first kappa shape index (κ1) is 20.8. The molecule has 0 atom stereocenters. The third-order valence-corrected chi connectivity index (χ3v) is 4.93. The number of benzene rings is 1. The smallest absolute Gasteiger partial charge is 0.252 e. The van der Waals surface area contributed by atoms with E-state index in [2.05, 4.69) is 45.2 Å². The van der Waals surface area contributed by atoms with E-state index in [0.29, 0.717) is 29.7 Å². The lowest BCUT2D eigenvalue weighted by atomic mass is 9.99. The zero-order valence-corrected chi connectivity index (χ0v) is 16.9. The third-order valence-electron chi connectivity index (χ3n) is 4.93. The zero-order chi connectivity index (χ0) is 20.0. The van der Waals surface area contributed by atoms with Crippen LogP contribution in [-0.4, -0.2) is 16.1 Å². The SMILES string of the molecule is CC(C)=CCCC(C)=CCCC(C)=CCc1c(O)cc2c(c1O)CNC2=O. The average Bonchev–Trinajstić information content (AvgIpc) is 2.95. The van der Waals surface area contributed by atoms with Crippen LogP contribution in [0.25, 0.3) is 0 Å². The van der Waals surface area contributed by atoms with Crippen LogP contribution in [0.5, 0.6) is 11.5 Å². The topological polar surface area (TPSA) is 69.6 Å². The largest absolute Gasteiger partial charge is 0.507 e. The van der Waals surface area contributed by atoms with Gasteiger partial charge in [0, 0.05) is 17.7 Å². The maximum absolute atomic E-state index is 11.7. The molecule has 0 fully saturated rings. The van der Waals surface area contributed by atoms with Crippen molar-refractivity contribution in [2.45, 2.75) is 66.3 Å². The highest BCUT2D eigenvalue weighted by Gasteiger charge is 2.25. The second-order valence-corrected chi connectivity index (χ2v) is 7.60. The Balaban J connectivity index is 1.93. The molecule has 0 radical (unpaired) electrons. The number of hydrogen-bond donors (Lipinski definition) is 3. The Kier molecular flexibility index (Phi) is 7.28. The van der Waals surface area contributed by atoms with Gasteiger partial charge in [0.2, 0.25) is 0 Å². The second-order valence-electron chi connectivity index (χ2n) is 7.60. The summed E-state index contributed by atoms with van der Waals surface area (Å²) in [6.07, 6.45) is 11.2. The molecule has 0 saturated heterocycles. The van der Waals surface area contributed by atoms with Gasteiger partial charge < -0.3 is 15.5 Å². The van der Waals surface area contributed by atoms with Crippen molar-refractivity contribution in [1.82, 2.24) is 5.32 Å². The highest BCUT2D eigenvalue weighted by Crippen LogP contribution is 2.36. The number of nitrogens with one attached hydrogen (secondary N) is 1. The van der Waals surface area contributed by atoms with Crippen LogP contribution in [0.2, 0.25) is 0 Å². The van der Waals surface area contributed by atoms with Crippen molar-refractivity contribution < 1.29 is 15.0 Å². The number of amides is 1. The van der Waals surface area contributed by atoms with Gasteiger partial charge in [-0.25, -0.2) is 0 Å². The highest BCUT2D eigenvalue weighted by atomic mass is 16.3. The fourth-order valence-corrected chi connectivity index (χ4v) is 3.20. The summed E-state index contributed by atoms with van der Waals surface area (Å²) in [5.74, 6) is -0.245. The molecule has 0 aromatic heterocycles. The molecule has 1 heterocycles. The Bertz CT molecular complexity index is 796. The fourth-order valence-electron chi connectivity index (χ4n) is 3.20. The first-order chi connectivity index (χ1) is 12.8. The van der Waals surface area contributed by atoms with Crippen LogP contribution in [0.4, 0.5) is 0 Å². The minimum absolute atomic E-state index is 0.0256. The zero-order valence-electron chi connectivity index (χ0n) is 16.9. The molecule has 0 aliphatic carbocycles. The van der Waals surface area contributed by atoms with Gasteiger partial charge in [0.1, 0.15) is 11.5 Å². The Morgan fingerprint density at radius 2 is 1.67 bits per heavy atom. The van der Waals surface area contributed by atoms with E-state index in [9.17, 15) is 15.0 Å². The number of phenolic OH excluding ortho intramolecular Hbond substituents is 2. The minimum atomic E-state index is -0.249. The lowest BCUT2D eigenvalue weighted by Gasteiger charge is -2.09. The summed E-state index contributed by atoms with van der Waals surface area (Å²) >= 11 is 0. The van der Waals surface area contributed by atoms with Gasteiger partial charge in [0.15, 0.2) is 0 Å². The Hall–Kier alpha value is -2.49. The molecular formula is C23H31NO3. The third kappa shape index (κ3) is 5.75. The van der Waals surface area contributed by atoms with Crippen molar-refractivity contribution in [3.63, 3.8) is 0 Å². The molecule has 3 N–H and O–H groups in total. The van der Waals surface area contributed by atoms with E-state index in [0.717, 1.165) is 25.7 Å². The number of rotatable bonds is 8. The lowest BCUT2D eigenvalue weighted by Crippen LogP contribution is -2.12. The van der Waals surface area contributed by atoms with Crippen LogP contribution in [0, 0.1) is 0 Å². The number of aromatic hydroxyl groups is 2. The van der Waals surface area contributed by atoms with E-state index in [-0.39, 0.29) is 17.4 Å². The van der Waals surface area contributed by atoms with Gasteiger partial charge in [-0.3, -0.25) is 4.79 Å². The Morgan fingerprint density at radius 3 is 2.33 bits per heavy atom. The number of allylic oxidation sites excluding steroid dienone is 6. The quantitative estimate of drug-likeness (QED) is 0.544. The average molecular weight is 370 g/mol. The molecular weight excluding hydrogens is 338 g/mol. The van der Waals surface area contributed by atoms with Crippen molar-refractivity contribution in [2.75, 3.05) is 0 Å². The minimum Gasteiger partial charge on any atom is -0.507 e. The molecule has 0 saturated carbocycles. The molecule has 4 heteroatoms. The van der Waals surface area contributed by atoms with Gasteiger partial charge in [-0.15, -0.1) is 0 Å². The van der Waals surface area contributed by atoms with E-state index in [1.54, 1.807) is 0 Å².